The molecule has 0 radical (unpaired) electrons. The standard InChI is InChI=1S/C27H27F6O4PS/c1-25(2,3)20-16-14-19(15-17-20)23(18-39(35,36)37-24(26(28,29)30)27(31,32)33)38(34,21-10-6-4-7-11-21)22-12-8-5-9-13-22/h4-17,23-24H,18H2,1-3H3/t23-/m0/s1. The van der Waals surface area contributed by atoms with Crippen LogP contribution in [-0.4, -0.2) is 32.6 Å². The number of alkyl halides is 6. The van der Waals surface area contributed by atoms with Gasteiger partial charge in [0.25, 0.3) is 16.2 Å². The minimum Gasteiger partial charge on any atom is -0.313 e. The highest BCUT2D eigenvalue weighted by Gasteiger charge is 2.60. The summed E-state index contributed by atoms with van der Waals surface area (Å²) < 4.78 is 124. The first kappa shape index (κ1) is 30.9. The number of hydrogen-bond donors (Lipinski definition) is 0. The summed E-state index contributed by atoms with van der Waals surface area (Å²) in [6.07, 6.45) is -16.7. The Labute approximate surface area is 223 Å². The fourth-order valence-electron chi connectivity index (χ4n) is 4.10. The topological polar surface area (TPSA) is 60.4 Å². The van der Waals surface area contributed by atoms with Crippen LogP contribution in [0.2, 0.25) is 0 Å². The molecule has 3 rings (SSSR count). The monoisotopic (exact) mass is 592 g/mol. The van der Waals surface area contributed by atoms with Gasteiger partial charge in [0.05, 0.1) is 11.4 Å². The van der Waals surface area contributed by atoms with Crippen molar-refractivity contribution >= 4 is 27.9 Å². The number of rotatable bonds is 8. The van der Waals surface area contributed by atoms with Crippen molar-refractivity contribution in [3.05, 3.63) is 96.1 Å². The molecule has 0 aliphatic rings. The van der Waals surface area contributed by atoms with E-state index in [4.69, 9.17) is 0 Å². The summed E-state index contributed by atoms with van der Waals surface area (Å²) in [5.74, 6) is -1.40. The largest absolute Gasteiger partial charge is 0.425 e. The van der Waals surface area contributed by atoms with Crippen LogP contribution >= 0.6 is 7.14 Å². The molecule has 0 fully saturated rings. The first-order valence-corrected chi connectivity index (χ1v) is 15.1. The third-order valence-corrected chi connectivity index (χ3v) is 11.0. The molecule has 3 aromatic rings. The average Bonchev–Trinajstić information content (AvgIpc) is 2.85. The van der Waals surface area contributed by atoms with Gasteiger partial charge < -0.3 is 4.57 Å². The molecule has 12 heteroatoms. The van der Waals surface area contributed by atoms with E-state index in [9.17, 15) is 39.3 Å². The Morgan fingerprint density at radius 2 is 1.13 bits per heavy atom. The summed E-state index contributed by atoms with van der Waals surface area (Å²) in [5, 5.41) is 0.360. The molecule has 0 aromatic heterocycles. The van der Waals surface area contributed by atoms with Crippen LogP contribution < -0.4 is 10.6 Å². The van der Waals surface area contributed by atoms with Gasteiger partial charge in [0, 0.05) is 10.6 Å². The molecule has 1 atom stereocenters. The number of benzene rings is 3. The Morgan fingerprint density at radius 3 is 1.49 bits per heavy atom. The molecule has 0 spiro atoms. The number of hydrogen-bond acceptors (Lipinski definition) is 4. The summed E-state index contributed by atoms with van der Waals surface area (Å²) in [7, 11) is -9.60. The van der Waals surface area contributed by atoms with Crippen molar-refractivity contribution in [2.24, 2.45) is 0 Å². The zero-order valence-electron chi connectivity index (χ0n) is 21.2. The average molecular weight is 593 g/mol. The summed E-state index contributed by atoms with van der Waals surface area (Å²) in [6.45, 7) is 5.76. The molecule has 212 valence electrons. The van der Waals surface area contributed by atoms with Gasteiger partial charge >= 0.3 is 12.4 Å². The first-order valence-electron chi connectivity index (χ1n) is 11.7. The van der Waals surface area contributed by atoms with Crippen LogP contribution in [0, 0.1) is 0 Å². The molecule has 0 aliphatic carbocycles. The highest BCUT2D eigenvalue weighted by Crippen LogP contribution is 2.58. The smallest absolute Gasteiger partial charge is 0.313 e. The quantitative estimate of drug-likeness (QED) is 0.163. The van der Waals surface area contributed by atoms with Gasteiger partial charge in [-0.3, -0.25) is 0 Å². The normalized spacial score (nSPS) is 14.4. The number of halogens is 6. The van der Waals surface area contributed by atoms with E-state index in [0.29, 0.717) is 0 Å². The molecule has 39 heavy (non-hydrogen) atoms. The first-order chi connectivity index (χ1) is 17.9. The molecule has 3 aromatic carbocycles. The molecule has 0 N–H and O–H groups in total. The minimum absolute atomic E-state index is 0.154. The van der Waals surface area contributed by atoms with E-state index < -0.39 is 47.1 Å². The van der Waals surface area contributed by atoms with Crippen LogP contribution in [0.4, 0.5) is 26.3 Å². The Hall–Kier alpha value is -2.62. The predicted octanol–water partition coefficient (Wildman–Crippen LogP) is 6.88. The lowest BCUT2D eigenvalue weighted by molar-refractivity contribution is -0.299. The van der Waals surface area contributed by atoms with Gasteiger partial charge in [0.1, 0.15) is 0 Å². The van der Waals surface area contributed by atoms with Crippen molar-refractivity contribution in [2.45, 2.75) is 50.3 Å². The van der Waals surface area contributed by atoms with Gasteiger partial charge in [-0.2, -0.15) is 34.8 Å². The van der Waals surface area contributed by atoms with Crippen molar-refractivity contribution in [1.82, 2.24) is 0 Å². The van der Waals surface area contributed by atoms with E-state index in [1.165, 1.54) is 36.4 Å². The zero-order valence-corrected chi connectivity index (χ0v) is 22.9. The maximum atomic E-state index is 15.0. The van der Waals surface area contributed by atoms with Crippen LogP contribution in [0.15, 0.2) is 84.9 Å². The van der Waals surface area contributed by atoms with Gasteiger partial charge in [-0.1, -0.05) is 106 Å². The molecular weight excluding hydrogens is 565 g/mol. The molecule has 4 nitrogen and oxygen atoms in total. The van der Waals surface area contributed by atoms with E-state index in [-0.39, 0.29) is 21.6 Å². The lowest BCUT2D eigenvalue weighted by atomic mass is 9.86. The van der Waals surface area contributed by atoms with E-state index in [1.54, 1.807) is 48.5 Å². The molecule has 0 amide bonds. The summed E-state index contributed by atoms with van der Waals surface area (Å²) >= 11 is 0. The minimum atomic E-state index is -6.04. The van der Waals surface area contributed by atoms with Gasteiger partial charge in [0.15, 0.2) is 7.14 Å². The van der Waals surface area contributed by atoms with Crippen LogP contribution in [0.5, 0.6) is 0 Å². The summed E-state index contributed by atoms with van der Waals surface area (Å²) in [6, 6.07) is 21.7. The Balaban J connectivity index is 2.23. The highest BCUT2D eigenvalue weighted by molar-refractivity contribution is 7.88. The van der Waals surface area contributed by atoms with E-state index in [0.717, 1.165) is 5.56 Å². The van der Waals surface area contributed by atoms with Gasteiger partial charge in [0.2, 0.25) is 0 Å². The van der Waals surface area contributed by atoms with Crippen LogP contribution in [0.3, 0.4) is 0 Å². The van der Waals surface area contributed by atoms with E-state index >= 15 is 0 Å². The van der Waals surface area contributed by atoms with E-state index in [1.807, 2.05) is 20.8 Å². The Morgan fingerprint density at radius 1 is 0.718 bits per heavy atom. The maximum Gasteiger partial charge on any atom is 0.425 e. The van der Waals surface area contributed by atoms with Crippen LogP contribution in [0.25, 0.3) is 0 Å². The molecule has 0 aliphatic heterocycles. The lowest BCUT2D eigenvalue weighted by Crippen LogP contribution is -2.46. The molecular formula is C27H27F6O4PS. The van der Waals surface area contributed by atoms with Crippen LogP contribution in [0.1, 0.15) is 37.6 Å². The second-order valence-electron chi connectivity index (χ2n) is 10.0. The van der Waals surface area contributed by atoms with E-state index in [2.05, 4.69) is 4.18 Å². The summed E-state index contributed by atoms with van der Waals surface area (Å²) in [5.41, 5.74) is -0.906. The fourth-order valence-corrected chi connectivity index (χ4v) is 9.49. The third-order valence-electron chi connectivity index (χ3n) is 6.08. The Bertz CT molecular complexity index is 1340. The third kappa shape index (κ3) is 7.32. The molecule has 0 unspecified atom stereocenters. The van der Waals surface area contributed by atoms with Crippen molar-refractivity contribution in [2.75, 3.05) is 5.75 Å². The molecule has 0 saturated heterocycles. The Kier molecular flexibility index (Phi) is 8.80. The van der Waals surface area contributed by atoms with Crippen molar-refractivity contribution in [3.8, 4) is 0 Å². The molecule has 0 bridgehead atoms. The SMILES string of the molecule is CC(C)(C)c1ccc([C@H](CS(=O)(=O)OC(C(F)(F)F)C(F)(F)F)P(=O)(c2ccccc2)c2ccccc2)cc1. The molecule has 0 saturated carbocycles. The van der Waals surface area contributed by atoms with Crippen molar-refractivity contribution in [3.63, 3.8) is 0 Å². The predicted molar refractivity (Wildman–Crippen MR) is 138 cm³/mol. The van der Waals surface area contributed by atoms with Gasteiger partial charge in [-0.15, -0.1) is 0 Å². The van der Waals surface area contributed by atoms with Crippen LogP contribution in [-0.2, 0) is 24.3 Å². The molecule has 0 heterocycles. The van der Waals surface area contributed by atoms with Gasteiger partial charge in [-0.05, 0) is 16.5 Å². The van der Waals surface area contributed by atoms with Crippen molar-refractivity contribution in [1.29, 1.82) is 0 Å². The highest BCUT2D eigenvalue weighted by atomic mass is 32.2. The van der Waals surface area contributed by atoms with Crippen molar-refractivity contribution < 1.29 is 43.5 Å². The second kappa shape index (κ2) is 11.1. The second-order valence-corrected chi connectivity index (χ2v) is 14.6. The van der Waals surface area contributed by atoms with Gasteiger partial charge in [-0.25, -0.2) is 4.18 Å². The lowest BCUT2D eigenvalue weighted by Gasteiger charge is -2.30. The fraction of sp³-hybridized carbons (Fsp3) is 0.333. The maximum absolute atomic E-state index is 15.0. The summed E-state index contributed by atoms with van der Waals surface area (Å²) in [4.78, 5) is 0. The zero-order chi connectivity index (χ0) is 29.3.